The van der Waals surface area contributed by atoms with Crippen LogP contribution < -0.4 is 25.0 Å². The number of urea groups is 1. The summed E-state index contributed by atoms with van der Waals surface area (Å²) in [5.74, 6) is -2.23. The molecule has 0 aromatic heterocycles. The van der Waals surface area contributed by atoms with E-state index in [4.69, 9.17) is 32.7 Å². The Morgan fingerprint density at radius 3 is 2.42 bits per heavy atom. The van der Waals surface area contributed by atoms with Crippen LogP contribution in [-0.2, 0) is 14.4 Å². The number of rotatable bonds is 7. The molecule has 5 amide bonds. The monoisotopic (exact) mass is 557 g/mol. The molecule has 12 heteroatoms. The van der Waals surface area contributed by atoms with Gasteiger partial charge in [-0.05, 0) is 66.2 Å². The number of nitrogens with zero attached hydrogens (tertiary/aromatic N) is 1. The first-order chi connectivity index (χ1) is 18.2. The highest BCUT2D eigenvalue weighted by atomic mass is 35.5. The van der Waals surface area contributed by atoms with Crippen LogP contribution in [0.15, 0.2) is 66.2 Å². The van der Waals surface area contributed by atoms with Crippen LogP contribution in [0.4, 0.5) is 20.6 Å². The van der Waals surface area contributed by atoms with Gasteiger partial charge in [0.25, 0.3) is 17.7 Å². The van der Waals surface area contributed by atoms with Crippen molar-refractivity contribution < 1.29 is 33.0 Å². The fraction of sp³-hybridized carbons (Fsp3) is 0.0769. The van der Waals surface area contributed by atoms with Gasteiger partial charge in [0.1, 0.15) is 11.4 Å². The van der Waals surface area contributed by atoms with Crippen molar-refractivity contribution in [3.05, 3.63) is 87.7 Å². The molecule has 9 nitrogen and oxygen atoms in total. The molecule has 0 aliphatic carbocycles. The lowest BCUT2D eigenvalue weighted by molar-refractivity contribution is -0.122. The van der Waals surface area contributed by atoms with Gasteiger partial charge in [-0.15, -0.1) is 0 Å². The van der Waals surface area contributed by atoms with Gasteiger partial charge in [0.05, 0.1) is 22.8 Å². The Bertz CT molecular complexity index is 1480. The van der Waals surface area contributed by atoms with Crippen LogP contribution in [0.25, 0.3) is 6.08 Å². The lowest BCUT2D eigenvalue weighted by Crippen LogP contribution is -2.54. The van der Waals surface area contributed by atoms with Gasteiger partial charge < -0.3 is 14.8 Å². The van der Waals surface area contributed by atoms with E-state index >= 15 is 0 Å². The summed E-state index contributed by atoms with van der Waals surface area (Å²) >= 11 is 11.9. The molecule has 1 aliphatic heterocycles. The smallest absolute Gasteiger partial charge is 0.335 e. The van der Waals surface area contributed by atoms with Crippen molar-refractivity contribution in [2.24, 2.45) is 0 Å². The Morgan fingerprint density at radius 2 is 1.74 bits per heavy atom. The third-order valence-corrected chi connectivity index (χ3v) is 5.99. The number of halogens is 3. The number of anilines is 2. The average Bonchev–Trinajstić information content (AvgIpc) is 2.89. The van der Waals surface area contributed by atoms with Gasteiger partial charge in [-0.25, -0.2) is 14.1 Å². The molecule has 0 saturated carbocycles. The highest BCUT2D eigenvalue weighted by Gasteiger charge is 2.37. The van der Waals surface area contributed by atoms with Crippen molar-refractivity contribution in [2.75, 3.05) is 23.9 Å². The number of carbonyl (C=O) groups excluding carboxylic acids is 4. The summed E-state index contributed by atoms with van der Waals surface area (Å²) in [5.41, 5.74) is 0.593. The lowest BCUT2D eigenvalue weighted by Gasteiger charge is -2.26. The van der Waals surface area contributed by atoms with Gasteiger partial charge in [0.2, 0.25) is 0 Å². The summed E-state index contributed by atoms with van der Waals surface area (Å²) in [5, 5.41) is 5.04. The topological polar surface area (TPSA) is 114 Å². The summed E-state index contributed by atoms with van der Waals surface area (Å²) < 4.78 is 23.9. The largest absolute Gasteiger partial charge is 0.493 e. The molecule has 1 saturated heterocycles. The summed E-state index contributed by atoms with van der Waals surface area (Å²) in [6, 6.07) is 13.0. The van der Waals surface area contributed by atoms with Crippen LogP contribution in [0.1, 0.15) is 5.56 Å². The third-order valence-electron chi connectivity index (χ3n) is 5.25. The van der Waals surface area contributed by atoms with Gasteiger partial charge in [0, 0.05) is 5.69 Å². The quantitative estimate of drug-likeness (QED) is 0.318. The number of hydrogen-bond donors (Lipinski definition) is 2. The Hall–Kier alpha value is -4.41. The van der Waals surface area contributed by atoms with Crippen molar-refractivity contribution in [1.82, 2.24) is 5.32 Å². The van der Waals surface area contributed by atoms with Crippen molar-refractivity contribution >= 4 is 64.4 Å². The maximum atomic E-state index is 13.1. The minimum Gasteiger partial charge on any atom is -0.493 e. The van der Waals surface area contributed by atoms with Crippen LogP contribution in [0, 0.1) is 5.82 Å². The second-order valence-corrected chi connectivity index (χ2v) is 8.62. The van der Waals surface area contributed by atoms with Crippen molar-refractivity contribution in [2.45, 2.75) is 0 Å². The van der Waals surface area contributed by atoms with E-state index in [1.807, 2.05) is 0 Å². The minimum absolute atomic E-state index is 0.124. The molecule has 1 aliphatic rings. The van der Waals surface area contributed by atoms with E-state index in [0.717, 1.165) is 4.90 Å². The number of benzene rings is 3. The zero-order valence-electron chi connectivity index (χ0n) is 19.6. The highest BCUT2D eigenvalue weighted by molar-refractivity contribution is 6.43. The summed E-state index contributed by atoms with van der Waals surface area (Å²) in [6.07, 6.45) is 1.28. The Balaban J connectivity index is 1.51. The van der Waals surface area contributed by atoms with E-state index in [1.54, 1.807) is 0 Å². The molecule has 0 bridgehead atoms. The molecule has 3 aromatic carbocycles. The standard InChI is InChI=1S/C26H18Cl2FN3O6/c1-37-22-11-14(2-9-21(22)38-13-23(33)30-16-5-3-15(29)4-6-16)10-18-24(34)31-26(36)32(25(18)35)17-7-8-19(27)20(28)12-17/h2-12H,13H2,1H3,(H,30,33)(H,31,34,36)/b18-10-. The van der Waals surface area contributed by atoms with Gasteiger partial charge in [-0.3, -0.25) is 19.7 Å². The van der Waals surface area contributed by atoms with Crippen molar-refractivity contribution in [3.8, 4) is 11.5 Å². The molecule has 0 atom stereocenters. The first-order valence-electron chi connectivity index (χ1n) is 10.9. The predicted octanol–water partition coefficient (Wildman–Crippen LogP) is 4.83. The van der Waals surface area contributed by atoms with Crippen molar-refractivity contribution in [1.29, 1.82) is 0 Å². The summed E-state index contributed by atoms with van der Waals surface area (Å²) in [6.45, 7) is -0.365. The Labute approximate surface area is 225 Å². The summed E-state index contributed by atoms with van der Waals surface area (Å²) in [4.78, 5) is 50.9. The highest BCUT2D eigenvalue weighted by Crippen LogP contribution is 2.31. The second kappa shape index (κ2) is 11.3. The Kier molecular flexibility index (Phi) is 7.94. The first-order valence-corrected chi connectivity index (χ1v) is 11.6. The number of imide groups is 2. The van der Waals surface area contributed by atoms with Gasteiger partial charge >= 0.3 is 6.03 Å². The van der Waals surface area contributed by atoms with E-state index in [0.29, 0.717) is 11.3 Å². The van der Waals surface area contributed by atoms with E-state index in [9.17, 15) is 23.6 Å². The maximum Gasteiger partial charge on any atom is 0.335 e. The zero-order chi connectivity index (χ0) is 27.4. The fourth-order valence-corrected chi connectivity index (χ4v) is 3.74. The SMILES string of the molecule is COc1cc(/C=C2/C(=O)NC(=O)N(c3ccc(Cl)c(Cl)c3)C2=O)ccc1OCC(=O)Nc1ccc(F)cc1. The molecule has 38 heavy (non-hydrogen) atoms. The van der Waals surface area contributed by atoms with Crippen molar-refractivity contribution in [3.63, 3.8) is 0 Å². The number of barbiturate groups is 1. The molecule has 0 spiro atoms. The Morgan fingerprint density at radius 1 is 1.00 bits per heavy atom. The number of methoxy groups -OCH3 is 1. The van der Waals surface area contributed by atoms with Crippen LogP contribution >= 0.6 is 23.2 Å². The molecule has 2 N–H and O–H groups in total. The van der Waals surface area contributed by atoms with Crippen LogP contribution in [-0.4, -0.2) is 37.5 Å². The molecular formula is C26H18Cl2FN3O6. The van der Waals surface area contributed by atoms with Gasteiger partial charge in [-0.1, -0.05) is 29.3 Å². The summed E-state index contributed by atoms with van der Waals surface area (Å²) in [7, 11) is 1.38. The predicted molar refractivity (Wildman–Crippen MR) is 139 cm³/mol. The number of carbonyl (C=O) groups is 4. The molecule has 1 fully saturated rings. The molecule has 1 heterocycles. The molecule has 3 aromatic rings. The third kappa shape index (κ3) is 5.93. The average molecular weight is 558 g/mol. The molecular weight excluding hydrogens is 540 g/mol. The number of ether oxygens (including phenoxy) is 2. The molecule has 0 unspecified atom stereocenters. The van der Waals surface area contributed by atoms with Gasteiger partial charge in [-0.2, -0.15) is 0 Å². The lowest BCUT2D eigenvalue weighted by atomic mass is 10.1. The number of nitrogens with one attached hydrogen (secondary N) is 2. The van der Waals surface area contributed by atoms with Crippen LogP contribution in [0.3, 0.4) is 0 Å². The number of hydrogen-bond acceptors (Lipinski definition) is 6. The van der Waals surface area contributed by atoms with Crippen LogP contribution in [0.5, 0.6) is 11.5 Å². The first kappa shape index (κ1) is 26.6. The number of amides is 5. The van der Waals surface area contributed by atoms with E-state index < -0.39 is 29.6 Å². The minimum atomic E-state index is -0.934. The normalized spacial score (nSPS) is 14.4. The van der Waals surface area contributed by atoms with Crippen LogP contribution in [0.2, 0.25) is 10.0 Å². The fourth-order valence-electron chi connectivity index (χ4n) is 3.45. The molecule has 4 rings (SSSR count). The molecule has 0 radical (unpaired) electrons. The van der Waals surface area contributed by atoms with E-state index in [1.165, 1.54) is 73.8 Å². The maximum absolute atomic E-state index is 13.1. The molecule has 194 valence electrons. The zero-order valence-corrected chi connectivity index (χ0v) is 21.1. The van der Waals surface area contributed by atoms with Gasteiger partial charge in [0.15, 0.2) is 18.1 Å². The second-order valence-electron chi connectivity index (χ2n) is 7.81. The van der Waals surface area contributed by atoms with E-state index in [2.05, 4.69) is 10.6 Å². The van der Waals surface area contributed by atoms with E-state index in [-0.39, 0.29) is 39.4 Å².